The van der Waals surface area contributed by atoms with Gasteiger partial charge in [-0.25, -0.2) is 0 Å². The number of carbonyl (C=O) groups excluding carboxylic acids is 1. The maximum absolute atomic E-state index is 11.6. The van der Waals surface area contributed by atoms with Gasteiger partial charge in [0.1, 0.15) is 0 Å². The molecule has 0 radical (unpaired) electrons. The Bertz CT molecular complexity index is 383. The molecule has 106 valence electrons. The minimum Gasteiger partial charge on any atom is -0.399 e. The van der Waals surface area contributed by atoms with E-state index < -0.39 is 0 Å². The van der Waals surface area contributed by atoms with Crippen LogP contribution in [-0.2, 0) is 20.7 Å². The zero-order chi connectivity index (χ0) is 13.9. The fourth-order valence-electron chi connectivity index (χ4n) is 1.60. The Kier molecular flexibility index (Phi) is 7.62. The van der Waals surface area contributed by atoms with Crippen molar-refractivity contribution in [2.75, 3.05) is 39.2 Å². The summed E-state index contributed by atoms with van der Waals surface area (Å²) >= 11 is 0. The van der Waals surface area contributed by atoms with Gasteiger partial charge in [0.05, 0.1) is 19.6 Å². The number of nitrogen functional groups attached to an aromatic ring is 1. The lowest BCUT2D eigenvalue weighted by Crippen LogP contribution is -2.27. The summed E-state index contributed by atoms with van der Waals surface area (Å²) < 4.78 is 10.2. The molecule has 5 nitrogen and oxygen atoms in total. The van der Waals surface area contributed by atoms with Crippen molar-refractivity contribution in [1.82, 2.24) is 5.32 Å². The molecule has 0 aromatic heterocycles. The van der Waals surface area contributed by atoms with Crippen LogP contribution in [0.4, 0.5) is 5.69 Å². The van der Waals surface area contributed by atoms with E-state index in [2.05, 4.69) is 5.32 Å². The first kappa shape index (κ1) is 15.5. The predicted octanol–water partition coefficient (Wildman–Crippen LogP) is 0.981. The summed E-state index contributed by atoms with van der Waals surface area (Å²) in [5.74, 6) is 0.00231. The van der Waals surface area contributed by atoms with Crippen LogP contribution in [0.2, 0.25) is 0 Å². The number of nitrogens with two attached hydrogens (primary N) is 1. The Hall–Kier alpha value is -1.59. The SMILES string of the molecule is COCCOCCCNC(=O)Cc1cccc(N)c1. The van der Waals surface area contributed by atoms with Crippen molar-refractivity contribution >= 4 is 11.6 Å². The minimum atomic E-state index is 0.00231. The summed E-state index contributed by atoms with van der Waals surface area (Å²) in [5.41, 5.74) is 7.26. The second-order valence-electron chi connectivity index (χ2n) is 4.23. The van der Waals surface area contributed by atoms with E-state index in [9.17, 15) is 4.79 Å². The summed E-state index contributed by atoms with van der Waals surface area (Å²) in [5, 5.41) is 2.85. The van der Waals surface area contributed by atoms with E-state index in [0.29, 0.717) is 38.5 Å². The molecule has 0 unspecified atom stereocenters. The Balaban J connectivity index is 2.08. The van der Waals surface area contributed by atoms with Crippen LogP contribution in [0.15, 0.2) is 24.3 Å². The first-order chi connectivity index (χ1) is 9.22. The van der Waals surface area contributed by atoms with Crippen LogP contribution in [0, 0.1) is 0 Å². The first-order valence-corrected chi connectivity index (χ1v) is 6.40. The third-order valence-corrected chi connectivity index (χ3v) is 2.54. The quantitative estimate of drug-likeness (QED) is 0.516. The van der Waals surface area contributed by atoms with Crippen molar-refractivity contribution < 1.29 is 14.3 Å². The third-order valence-electron chi connectivity index (χ3n) is 2.54. The van der Waals surface area contributed by atoms with Crippen LogP contribution in [0.5, 0.6) is 0 Å². The second-order valence-corrected chi connectivity index (χ2v) is 4.23. The Morgan fingerprint density at radius 1 is 1.32 bits per heavy atom. The van der Waals surface area contributed by atoms with E-state index in [1.807, 2.05) is 18.2 Å². The first-order valence-electron chi connectivity index (χ1n) is 6.40. The van der Waals surface area contributed by atoms with Crippen LogP contribution >= 0.6 is 0 Å². The van der Waals surface area contributed by atoms with Gasteiger partial charge in [0, 0.05) is 25.9 Å². The van der Waals surface area contributed by atoms with Crippen LogP contribution < -0.4 is 11.1 Å². The molecule has 0 aliphatic carbocycles. The molecular weight excluding hydrogens is 244 g/mol. The van der Waals surface area contributed by atoms with E-state index in [1.54, 1.807) is 13.2 Å². The molecule has 0 saturated heterocycles. The maximum Gasteiger partial charge on any atom is 0.224 e. The van der Waals surface area contributed by atoms with Gasteiger partial charge in [-0.3, -0.25) is 4.79 Å². The monoisotopic (exact) mass is 266 g/mol. The van der Waals surface area contributed by atoms with Crippen LogP contribution in [0.25, 0.3) is 0 Å². The molecule has 1 aromatic carbocycles. The number of rotatable bonds is 9. The van der Waals surface area contributed by atoms with Gasteiger partial charge in [-0.2, -0.15) is 0 Å². The van der Waals surface area contributed by atoms with Crippen molar-refractivity contribution in [2.45, 2.75) is 12.8 Å². The summed E-state index contributed by atoms with van der Waals surface area (Å²) in [6.45, 7) is 2.44. The standard InChI is InChI=1S/C14H22N2O3/c1-18-8-9-19-7-3-6-16-14(17)11-12-4-2-5-13(15)10-12/h2,4-5,10H,3,6-9,11,15H2,1H3,(H,16,17). The lowest BCUT2D eigenvalue weighted by atomic mass is 10.1. The van der Waals surface area contributed by atoms with Crippen molar-refractivity contribution in [3.8, 4) is 0 Å². The van der Waals surface area contributed by atoms with E-state index in [0.717, 1.165) is 12.0 Å². The normalized spacial score (nSPS) is 10.4. The summed E-state index contributed by atoms with van der Waals surface area (Å²) in [7, 11) is 1.64. The van der Waals surface area contributed by atoms with Crippen molar-refractivity contribution in [2.24, 2.45) is 0 Å². The van der Waals surface area contributed by atoms with Crippen molar-refractivity contribution in [1.29, 1.82) is 0 Å². The number of hydrogen-bond acceptors (Lipinski definition) is 4. The van der Waals surface area contributed by atoms with Gasteiger partial charge in [-0.15, -0.1) is 0 Å². The second kappa shape index (κ2) is 9.35. The lowest BCUT2D eigenvalue weighted by Gasteiger charge is -2.06. The Morgan fingerprint density at radius 2 is 2.16 bits per heavy atom. The van der Waals surface area contributed by atoms with Gasteiger partial charge >= 0.3 is 0 Å². The summed E-state index contributed by atoms with van der Waals surface area (Å²) in [6.07, 6.45) is 1.15. The number of benzene rings is 1. The minimum absolute atomic E-state index is 0.00231. The fraction of sp³-hybridized carbons (Fsp3) is 0.500. The van der Waals surface area contributed by atoms with Crippen LogP contribution in [0.3, 0.4) is 0 Å². The maximum atomic E-state index is 11.6. The zero-order valence-electron chi connectivity index (χ0n) is 11.4. The Labute approximate surface area is 114 Å². The molecule has 1 amide bonds. The molecule has 0 atom stereocenters. The molecule has 0 spiro atoms. The molecular formula is C14H22N2O3. The molecule has 0 heterocycles. The molecule has 3 N–H and O–H groups in total. The molecule has 19 heavy (non-hydrogen) atoms. The Morgan fingerprint density at radius 3 is 2.89 bits per heavy atom. The average Bonchev–Trinajstić information content (AvgIpc) is 2.37. The van der Waals surface area contributed by atoms with E-state index >= 15 is 0 Å². The van der Waals surface area contributed by atoms with Gasteiger partial charge in [-0.1, -0.05) is 12.1 Å². The van der Waals surface area contributed by atoms with Gasteiger partial charge in [0.15, 0.2) is 0 Å². The molecule has 0 fully saturated rings. The van der Waals surface area contributed by atoms with Gasteiger partial charge < -0.3 is 20.5 Å². The highest BCUT2D eigenvalue weighted by Gasteiger charge is 2.02. The smallest absolute Gasteiger partial charge is 0.224 e. The molecule has 1 aromatic rings. The van der Waals surface area contributed by atoms with Gasteiger partial charge in [0.25, 0.3) is 0 Å². The molecule has 1 rings (SSSR count). The van der Waals surface area contributed by atoms with E-state index in [4.69, 9.17) is 15.2 Å². The highest BCUT2D eigenvalue weighted by Crippen LogP contribution is 2.06. The number of amides is 1. The largest absolute Gasteiger partial charge is 0.399 e. The molecule has 0 aliphatic rings. The van der Waals surface area contributed by atoms with E-state index in [1.165, 1.54) is 0 Å². The molecule has 5 heteroatoms. The highest BCUT2D eigenvalue weighted by molar-refractivity contribution is 5.78. The number of nitrogens with one attached hydrogen (secondary N) is 1. The number of ether oxygens (including phenoxy) is 2. The highest BCUT2D eigenvalue weighted by atomic mass is 16.5. The molecule has 0 saturated carbocycles. The number of hydrogen-bond donors (Lipinski definition) is 2. The number of carbonyl (C=O) groups is 1. The van der Waals surface area contributed by atoms with Crippen molar-refractivity contribution in [3.63, 3.8) is 0 Å². The van der Waals surface area contributed by atoms with E-state index in [-0.39, 0.29) is 5.91 Å². The lowest BCUT2D eigenvalue weighted by molar-refractivity contribution is -0.120. The topological polar surface area (TPSA) is 73.6 Å². The van der Waals surface area contributed by atoms with Crippen LogP contribution in [-0.4, -0.2) is 39.4 Å². The summed E-state index contributed by atoms with van der Waals surface area (Å²) in [4.78, 5) is 11.6. The van der Waals surface area contributed by atoms with Gasteiger partial charge in [-0.05, 0) is 24.1 Å². The predicted molar refractivity (Wildman–Crippen MR) is 74.9 cm³/mol. The average molecular weight is 266 g/mol. The fourth-order valence-corrected chi connectivity index (χ4v) is 1.60. The number of methoxy groups -OCH3 is 1. The number of anilines is 1. The zero-order valence-corrected chi connectivity index (χ0v) is 11.4. The summed E-state index contributed by atoms with van der Waals surface area (Å²) in [6, 6.07) is 7.36. The molecule has 0 aliphatic heterocycles. The third kappa shape index (κ3) is 7.43. The van der Waals surface area contributed by atoms with Gasteiger partial charge in [0.2, 0.25) is 5.91 Å². The van der Waals surface area contributed by atoms with Crippen molar-refractivity contribution in [3.05, 3.63) is 29.8 Å². The molecule has 0 bridgehead atoms. The van der Waals surface area contributed by atoms with Crippen LogP contribution in [0.1, 0.15) is 12.0 Å².